The van der Waals surface area contributed by atoms with Gasteiger partial charge in [-0.25, -0.2) is 4.79 Å². The summed E-state index contributed by atoms with van der Waals surface area (Å²) < 4.78 is 0. The normalized spacial score (nSPS) is 20.4. The molecule has 2 aliphatic heterocycles. The number of urea groups is 1. The Bertz CT molecular complexity index is 668. The van der Waals surface area contributed by atoms with Gasteiger partial charge in [-0.2, -0.15) is 0 Å². The molecule has 2 aliphatic rings. The summed E-state index contributed by atoms with van der Waals surface area (Å²) in [7, 11) is 0. The zero-order chi connectivity index (χ0) is 17.8. The Morgan fingerprint density at radius 3 is 2.48 bits per heavy atom. The van der Waals surface area contributed by atoms with Crippen LogP contribution in [0.3, 0.4) is 0 Å². The van der Waals surface area contributed by atoms with Crippen LogP contribution in [0.2, 0.25) is 0 Å². The number of amides is 3. The predicted octanol–water partition coefficient (Wildman–Crippen LogP) is 2.76. The number of rotatable bonds is 3. The van der Waals surface area contributed by atoms with E-state index >= 15 is 0 Å². The van der Waals surface area contributed by atoms with Gasteiger partial charge < -0.3 is 15.1 Å². The fraction of sp³-hybridized carbons (Fsp3) is 0.526. The number of piperidine rings is 1. The van der Waals surface area contributed by atoms with Gasteiger partial charge in [0.2, 0.25) is 5.91 Å². The first kappa shape index (κ1) is 17.5. The fourth-order valence-electron chi connectivity index (χ4n) is 3.53. The molecule has 0 radical (unpaired) electrons. The lowest BCUT2D eigenvalue weighted by atomic mass is 9.97. The highest BCUT2D eigenvalue weighted by molar-refractivity contribution is 5.97. The van der Waals surface area contributed by atoms with Gasteiger partial charge in [0.1, 0.15) is 0 Å². The van der Waals surface area contributed by atoms with Crippen LogP contribution in [-0.4, -0.2) is 53.7 Å². The number of carbonyl (C=O) groups is 3. The maximum Gasteiger partial charge on any atom is 0.320 e. The van der Waals surface area contributed by atoms with Gasteiger partial charge in [0.15, 0.2) is 5.78 Å². The molecule has 3 amide bonds. The summed E-state index contributed by atoms with van der Waals surface area (Å²) in [6.07, 6.45) is 3.75. The summed E-state index contributed by atoms with van der Waals surface area (Å²) in [6, 6.07) is 7.02. The molecule has 1 aromatic carbocycles. The average molecular weight is 343 g/mol. The van der Waals surface area contributed by atoms with Crippen molar-refractivity contribution < 1.29 is 14.4 Å². The third kappa shape index (κ3) is 4.18. The van der Waals surface area contributed by atoms with Crippen molar-refractivity contribution in [2.24, 2.45) is 5.92 Å². The van der Waals surface area contributed by atoms with E-state index in [2.05, 4.69) is 5.32 Å². The molecule has 0 bridgehead atoms. The third-order valence-electron chi connectivity index (χ3n) is 4.98. The number of hydrogen-bond acceptors (Lipinski definition) is 3. The highest BCUT2D eigenvalue weighted by atomic mass is 16.2. The molecule has 2 fully saturated rings. The van der Waals surface area contributed by atoms with E-state index in [-0.39, 0.29) is 23.6 Å². The topological polar surface area (TPSA) is 69.7 Å². The van der Waals surface area contributed by atoms with Gasteiger partial charge in [0, 0.05) is 37.4 Å². The monoisotopic (exact) mass is 343 g/mol. The summed E-state index contributed by atoms with van der Waals surface area (Å²) in [4.78, 5) is 40.3. The molecule has 2 heterocycles. The van der Waals surface area contributed by atoms with Crippen molar-refractivity contribution in [3.63, 3.8) is 0 Å². The maximum atomic E-state index is 12.6. The van der Waals surface area contributed by atoms with Crippen LogP contribution in [0, 0.1) is 5.92 Å². The van der Waals surface area contributed by atoms with Crippen LogP contribution in [-0.2, 0) is 4.79 Å². The largest absolute Gasteiger partial charge is 0.326 e. The van der Waals surface area contributed by atoms with E-state index in [1.165, 1.54) is 6.92 Å². The number of nitrogens with zero attached hydrogens (tertiary/aromatic N) is 2. The number of anilines is 1. The highest BCUT2D eigenvalue weighted by Crippen LogP contribution is 2.21. The number of likely N-dealkylation sites (tertiary alicyclic amines) is 2. The van der Waals surface area contributed by atoms with Crippen LogP contribution in [0.15, 0.2) is 24.3 Å². The first-order valence-corrected chi connectivity index (χ1v) is 9.00. The fourth-order valence-corrected chi connectivity index (χ4v) is 3.53. The molecule has 1 atom stereocenters. The van der Waals surface area contributed by atoms with E-state index in [0.29, 0.717) is 17.8 Å². The molecule has 25 heavy (non-hydrogen) atoms. The van der Waals surface area contributed by atoms with Gasteiger partial charge in [-0.3, -0.25) is 9.59 Å². The smallest absolute Gasteiger partial charge is 0.320 e. The van der Waals surface area contributed by atoms with E-state index < -0.39 is 0 Å². The van der Waals surface area contributed by atoms with Crippen molar-refractivity contribution in [2.75, 3.05) is 31.5 Å². The Hall–Kier alpha value is -2.37. The first-order valence-electron chi connectivity index (χ1n) is 9.00. The number of nitrogens with one attached hydrogen (secondary N) is 1. The van der Waals surface area contributed by atoms with Gasteiger partial charge >= 0.3 is 6.03 Å². The number of ketones is 1. The average Bonchev–Trinajstić information content (AvgIpc) is 3.16. The van der Waals surface area contributed by atoms with Crippen LogP contribution in [0.25, 0.3) is 0 Å². The summed E-state index contributed by atoms with van der Waals surface area (Å²) in [5.41, 5.74) is 1.20. The number of benzene rings is 1. The second-order valence-electron chi connectivity index (χ2n) is 6.89. The minimum Gasteiger partial charge on any atom is -0.326 e. The van der Waals surface area contributed by atoms with Gasteiger partial charge in [0.25, 0.3) is 0 Å². The molecule has 3 rings (SSSR count). The molecular weight excluding hydrogens is 318 g/mol. The predicted molar refractivity (Wildman–Crippen MR) is 95.6 cm³/mol. The van der Waals surface area contributed by atoms with E-state index in [4.69, 9.17) is 0 Å². The number of hydrogen-bond donors (Lipinski definition) is 1. The maximum absolute atomic E-state index is 12.6. The number of Topliss-reactive ketones (excluding diaryl/α,β-unsaturated/α-hetero) is 1. The first-order chi connectivity index (χ1) is 12.0. The second kappa shape index (κ2) is 7.68. The minimum atomic E-state index is -0.207. The second-order valence-corrected chi connectivity index (χ2v) is 6.89. The lowest BCUT2D eigenvalue weighted by Crippen LogP contribution is -2.48. The van der Waals surface area contributed by atoms with E-state index in [1.54, 1.807) is 24.3 Å². The Balaban J connectivity index is 1.61. The third-order valence-corrected chi connectivity index (χ3v) is 4.98. The summed E-state index contributed by atoms with van der Waals surface area (Å²) in [5.74, 6) is -0.322. The van der Waals surface area contributed by atoms with Crippen molar-refractivity contribution in [2.45, 2.75) is 32.6 Å². The molecule has 0 aliphatic carbocycles. The zero-order valence-electron chi connectivity index (χ0n) is 14.7. The Labute approximate surface area is 148 Å². The SMILES string of the molecule is CC(=O)c1cccc(NC(=O)[C@@H]2CCCN(C(=O)N3CCCC3)C2)c1. The van der Waals surface area contributed by atoms with Gasteiger partial charge in [-0.05, 0) is 44.7 Å². The van der Waals surface area contributed by atoms with Gasteiger partial charge in [0.05, 0.1) is 5.92 Å². The van der Waals surface area contributed by atoms with Crippen LogP contribution in [0.5, 0.6) is 0 Å². The van der Waals surface area contributed by atoms with Crippen molar-refractivity contribution >= 4 is 23.4 Å². The molecule has 1 N–H and O–H groups in total. The van der Waals surface area contributed by atoms with E-state index in [1.807, 2.05) is 9.80 Å². The molecule has 0 spiro atoms. The standard InChI is InChI=1S/C19H25N3O3/c1-14(23)15-6-4-8-17(12-15)20-18(24)16-7-5-11-22(13-16)19(25)21-9-2-3-10-21/h4,6,8,12,16H,2-3,5,7,9-11,13H2,1H3,(H,20,24)/t16-/m1/s1. The van der Waals surface area contributed by atoms with E-state index in [0.717, 1.165) is 45.3 Å². The molecule has 0 saturated carbocycles. The molecule has 1 aromatic rings. The molecular formula is C19H25N3O3. The van der Waals surface area contributed by atoms with E-state index in [9.17, 15) is 14.4 Å². The van der Waals surface area contributed by atoms with Crippen LogP contribution in [0.4, 0.5) is 10.5 Å². The van der Waals surface area contributed by atoms with Crippen molar-refractivity contribution in [3.8, 4) is 0 Å². The molecule has 0 unspecified atom stereocenters. The van der Waals surface area contributed by atoms with Crippen molar-refractivity contribution in [1.29, 1.82) is 0 Å². The molecule has 0 aromatic heterocycles. The Kier molecular flexibility index (Phi) is 5.36. The number of carbonyl (C=O) groups excluding carboxylic acids is 3. The molecule has 6 nitrogen and oxygen atoms in total. The van der Waals surface area contributed by atoms with Gasteiger partial charge in [-0.1, -0.05) is 12.1 Å². The summed E-state index contributed by atoms with van der Waals surface area (Å²) in [5, 5.41) is 2.89. The van der Waals surface area contributed by atoms with Crippen molar-refractivity contribution in [1.82, 2.24) is 9.80 Å². The zero-order valence-corrected chi connectivity index (χ0v) is 14.7. The minimum absolute atomic E-state index is 0.0313. The molecule has 2 saturated heterocycles. The van der Waals surface area contributed by atoms with Gasteiger partial charge in [-0.15, -0.1) is 0 Å². The summed E-state index contributed by atoms with van der Waals surface area (Å²) >= 11 is 0. The molecule has 134 valence electrons. The van der Waals surface area contributed by atoms with Crippen LogP contribution >= 0.6 is 0 Å². The Morgan fingerprint density at radius 2 is 1.76 bits per heavy atom. The van der Waals surface area contributed by atoms with Crippen molar-refractivity contribution in [3.05, 3.63) is 29.8 Å². The highest BCUT2D eigenvalue weighted by Gasteiger charge is 2.31. The Morgan fingerprint density at radius 1 is 1.04 bits per heavy atom. The van der Waals surface area contributed by atoms with Crippen LogP contribution < -0.4 is 5.32 Å². The van der Waals surface area contributed by atoms with Crippen LogP contribution in [0.1, 0.15) is 43.0 Å². The lowest BCUT2D eigenvalue weighted by molar-refractivity contribution is -0.121. The quantitative estimate of drug-likeness (QED) is 0.858. The lowest BCUT2D eigenvalue weighted by Gasteiger charge is -2.34. The summed E-state index contributed by atoms with van der Waals surface area (Å²) in [6.45, 7) is 4.34. The molecule has 6 heteroatoms.